The zero-order chi connectivity index (χ0) is 9.84. The molecule has 3 N–H and O–H groups in total. The van der Waals surface area contributed by atoms with Gasteiger partial charge in [0.25, 0.3) is 0 Å². The first kappa shape index (κ1) is 10.5. The van der Waals surface area contributed by atoms with Crippen molar-refractivity contribution in [3.05, 3.63) is 29.6 Å². The van der Waals surface area contributed by atoms with Crippen molar-refractivity contribution in [2.24, 2.45) is 5.73 Å². The molecule has 1 aromatic rings. The van der Waals surface area contributed by atoms with Gasteiger partial charge in [-0.05, 0) is 30.7 Å². The Morgan fingerprint density at radius 1 is 1.62 bits per heavy atom. The van der Waals surface area contributed by atoms with Crippen LogP contribution in [0, 0.1) is 12.7 Å². The van der Waals surface area contributed by atoms with Crippen molar-refractivity contribution in [1.29, 1.82) is 0 Å². The second kappa shape index (κ2) is 4.60. The van der Waals surface area contributed by atoms with Crippen LogP contribution in [0.1, 0.15) is 5.56 Å². The molecule has 0 fully saturated rings. The summed E-state index contributed by atoms with van der Waals surface area (Å²) in [6.07, 6.45) is 0. The second-order valence-corrected chi connectivity index (χ2v) is 3.97. The van der Waals surface area contributed by atoms with Gasteiger partial charge in [0.1, 0.15) is 11.3 Å². The summed E-state index contributed by atoms with van der Waals surface area (Å²) in [5, 5.41) is 9.22. The van der Waals surface area contributed by atoms with Gasteiger partial charge in [0, 0.05) is 11.4 Å². The first-order chi connectivity index (χ1) is 6.13. The number of halogens is 1. The Morgan fingerprint density at radius 2 is 2.31 bits per heavy atom. The molecule has 0 radical (unpaired) electrons. The van der Waals surface area contributed by atoms with Crippen molar-refractivity contribution in [3.8, 4) is 0 Å². The van der Waals surface area contributed by atoms with Crippen molar-refractivity contribution in [2.45, 2.75) is 17.3 Å². The van der Waals surface area contributed by atoms with Crippen LogP contribution in [-0.2, 0) is 0 Å². The third-order valence-corrected chi connectivity index (χ3v) is 2.59. The number of hydrogen-bond acceptors (Lipinski definition) is 3. The molecule has 0 aliphatic rings. The number of benzene rings is 1. The third kappa shape index (κ3) is 2.99. The quantitative estimate of drug-likeness (QED) is 0.575. The van der Waals surface area contributed by atoms with E-state index in [2.05, 4.69) is 0 Å². The summed E-state index contributed by atoms with van der Waals surface area (Å²) in [7, 11) is 0. The Labute approximate surface area is 80.9 Å². The molecule has 13 heavy (non-hydrogen) atoms. The summed E-state index contributed by atoms with van der Waals surface area (Å²) in [4.78, 5) is 0.830. The lowest BCUT2D eigenvalue weighted by atomic mass is 10.2. The van der Waals surface area contributed by atoms with Crippen LogP contribution in [0.15, 0.2) is 23.1 Å². The summed E-state index contributed by atoms with van der Waals surface area (Å²) in [6.45, 7) is 1.88. The van der Waals surface area contributed by atoms with Crippen LogP contribution in [0.5, 0.6) is 0 Å². The number of thioether (sulfide) groups is 1. The SMILES string of the molecule is Cc1cc(SC(O)CN)ccc1F. The number of nitrogens with two attached hydrogens (primary N) is 1. The Hall–Kier alpha value is -0.580. The van der Waals surface area contributed by atoms with E-state index in [1.807, 2.05) is 0 Å². The van der Waals surface area contributed by atoms with Crippen LogP contribution >= 0.6 is 11.8 Å². The fourth-order valence-electron chi connectivity index (χ4n) is 0.896. The van der Waals surface area contributed by atoms with Crippen LogP contribution in [0.4, 0.5) is 4.39 Å². The molecule has 1 aromatic carbocycles. The Bertz CT molecular complexity index is 293. The molecule has 1 unspecified atom stereocenters. The van der Waals surface area contributed by atoms with Gasteiger partial charge < -0.3 is 10.8 Å². The van der Waals surface area contributed by atoms with Crippen molar-refractivity contribution >= 4 is 11.8 Å². The lowest BCUT2D eigenvalue weighted by molar-refractivity contribution is 0.271. The molecule has 2 nitrogen and oxygen atoms in total. The zero-order valence-corrected chi connectivity index (χ0v) is 8.14. The van der Waals surface area contributed by atoms with E-state index >= 15 is 0 Å². The molecule has 0 amide bonds. The van der Waals surface area contributed by atoms with E-state index in [0.717, 1.165) is 4.90 Å². The Balaban J connectivity index is 2.73. The molecule has 1 atom stereocenters. The van der Waals surface area contributed by atoms with Gasteiger partial charge in [0.05, 0.1) is 0 Å². The molecule has 0 saturated carbocycles. The lowest BCUT2D eigenvalue weighted by Crippen LogP contribution is -2.15. The van der Waals surface area contributed by atoms with Gasteiger partial charge in [-0.2, -0.15) is 0 Å². The fourth-order valence-corrected chi connectivity index (χ4v) is 1.70. The lowest BCUT2D eigenvalue weighted by Gasteiger charge is -2.07. The number of rotatable bonds is 3. The number of hydrogen-bond donors (Lipinski definition) is 2. The first-order valence-corrected chi connectivity index (χ1v) is 4.82. The number of aryl methyl sites for hydroxylation is 1. The van der Waals surface area contributed by atoms with Crippen LogP contribution in [0.3, 0.4) is 0 Å². The number of aliphatic hydroxyl groups is 1. The molecule has 1 rings (SSSR count). The van der Waals surface area contributed by atoms with Crippen LogP contribution in [0.2, 0.25) is 0 Å². The predicted octanol–water partition coefficient (Wildman–Crippen LogP) is 1.50. The van der Waals surface area contributed by atoms with E-state index < -0.39 is 5.44 Å². The van der Waals surface area contributed by atoms with Crippen LogP contribution < -0.4 is 5.73 Å². The molecule has 0 aromatic heterocycles. The normalized spacial score (nSPS) is 12.9. The molecule has 0 heterocycles. The highest BCUT2D eigenvalue weighted by Gasteiger charge is 2.05. The maximum absolute atomic E-state index is 12.8. The smallest absolute Gasteiger partial charge is 0.126 e. The van der Waals surface area contributed by atoms with Crippen molar-refractivity contribution in [3.63, 3.8) is 0 Å². The minimum absolute atomic E-state index is 0.196. The van der Waals surface area contributed by atoms with E-state index in [9.17, 15) is 9.50 Å². The van der Waals surface area contributed by atoms with Crippen LogP contribution in [0.25, 0.3) is 0 Å². The van der Waals surface area contributed by atoms with Crippen LogP contribution in [-0.4, -0.2) is 17.1 Å². The molecule has 0 aliphatic heterocycles. The summed E-state index contributed by atoms with van der Waals surface area (Å²) in [6, 6.07) is 4.71. The summed E-state index contributed by atoms with van der Waals surface area (Å²) in [5.41, 5.74) is 5.20. The highest BCUT2D eigenvalue weighted by Crippen LogP contribution is 2.23. The molecule has 0 saturated heterocycles. The Morgan fingerprint density at radius 3 is 2.85 bits per heavy atom. The van der Waals surface area contributed by atoms with E-state index in [1.165, 1.54) is 17.8 Å². The average molecular weight is 201 g/mol. The standard InChI is InChI=1S/C9H12FNOS/c1-6-4-7(2-3-8(6)10)13-9(12)5-11/h2-4,9,12H,5,11H2,1H3. The van der Waals surface area contributed by atoms with E-state index in [-0.39, 0.29) is 12.4 Å². The number of aliphatic hydroxyl groups excluding tert-OH is 1. The first-order valence-electron chi connectivity index (χ1n) is 3.94. The van der Waals surface area contributed by atoms with Crippen molar-refractivity contribution in [2.75, 3.05) is 6.54 Å². The third-order valence-electron chi connectivity index (χ3n) is 1.60. The minimum Gasteiger partial charge on any atom is -0.381 e. The average Bonchev–Trinajstić information content (AvgIpc) is 2.11. The van der Waals surface area contributed by atoms with Gasteiger partial charge in [0.15, 0.2) is 0 Å². The van der Waals surface area contributed by atoms with Gasteiger partial charge in [0.2, 0.25) is 0 Å². The molecule has 4 heteroatoms. The highest BCUT2D eigenvalue weighted by molar-refractivity contribution is 7.99. The molecule has 0 bridgehead atoms. The van der Waals surface area contributed by atoms with Crippen molar-refractivity contribution < 1.29 is 9.50 Å². The molecule has 0 spiro atoms. The largest absolute Gasteiger partial charge is 0.381 e. The predicted molar refractivity (Wildman–Crippen MR) is 52.1 cm³/mol. The summed E-state index contributed by atoms with van der Waals surface area (Å²) < 4.78 is 12.8. The summed E-state index contributed by atoms with van der Waals surface area (Å²) in [5.74, 6) is -0.230. The second-order valence-electron chi connectivity index (χ2n) is 2.72. The fraction of sp³-hybridized carbons (Fsp3) is 0.333. The molecule has 0 aliphatic carbocycles. The molecular formula is C9H12FNOS. The Kier molecular flexibility index (Phi) is 3.71. The minimum atomic E-state index is -0.620. The topological polar surface area (TPSA) is 46.2 Å². The van der Waals surface area contributed by atoms with Crippen molar-refractivity contribution in [1.82, 2.24) is 0 Å². The van der Waals surface area contributed by atoms with E-state index in [0.29, 0.717) is 5.56 Å². The van der Waals surface area contributed by atoms with Gasteiger partial charge in [-0.1, -0.05) is 11.8 Å². The maximum atomic E-state index is 12.8. The van der Waals surface area contributed by atoms with E-state index in [4.69, 9.17) is 5.73 Å². The molecular weight excluding hydrogens is 189 g/mol. The monoisotopic (exact) mass is 201 g/mol. The van der Waals surface area contributed by atoms with Gasteiger partial charge in [-0.3, -0.25) is 0 Å². The van der Waals surface area contributed by atoms with Gasteiger partial charge in [-0.15, -0.1) is 0 Å². The van der Waals surface area contributed by atoms with E-state index in [1.54, 1.807) is 19.1 Å². The van der Waals surface area contributed by atoms with Gasteiger partial charge >= 0.3 is 0 Å². The highest BCUT2D eigenvalue weighted by atomic mass is 32.2. The maximum Gasteiger partial charge on any atom is 0.126 e. The zero-order valence-electron chi connectivity index (χ0n) is 7.33. The van der Waals surface area contributed by atoms with Gasteiger partial charge in [-0.25, -0.2) is 4.39 Å². The molecule has 72 valence electrons. The summed E-state index contributed by atoms with van der Waals surface area (Å²) >= 11 is 1.23.